The summed E-state index contributed by atoms with van der Waals surface area (Å²) in [7, 11) is 0. The molecule has 4 heteroatoms. The fourth-order valence-electron chi connectivity index (χ4n) is 1.71. The molecular formula is C15H13BrO3. The second-order valence-electron chi connectivity index (χ2n) is 4.14. The van der Waals surface area contributed by atoms with Gasteiger partial charge in [-0.1, -0.05) is 34.1 Å². The Labute approximate surface area is 120 Å². The summed E-state index contributed by atoms with van der Waals surface area (Å²) in [6.45, 7) is 1.93. The average molecular weight is 321 g/mol. The van der Waals surface area contributed by atoms with Crippen molar-refractivity contribution in [2.75, 3.05) is 0 Å². The van der Waals surface area contributed by atoms with E-state index in [1.54, 1.807) is 24.3 Å². The molecule has 0 spiro atoms. The summed E-state index contributed by atoms with van der Waals surface area (Å²) in [6.07, 6.45) is -0.142. The highest BCUT2D eigenvalue weighted by Gasteiger charge is 2.09. The topological polar surface area (TPSA) is 46.5 Å². The van der Waals surface area contributed by atoms with Crippen LogP contribution in [0, 0.1) is 0 Å². The maximum absolute atomic E-state index is 10.8. The molecule has 0 aromatic heterocycles. The molecule has 0 saturated carbocycles. The van der Waals surface area contributed by atoms with E-state index in [0.717, 1.165) is 15.8 Å². The van der Waals surface area contributed by atoms with Crippen molar-refractivity contribution in [1.82, 2.24) is 0 Å². The lowest BCUT2D eigenvalue weighted by molar-refractivity contribution is 0.0696. The van der Waals surface area contributed by atoms with E-state index in [1.807, 2.05) is 31.2 Å². The molecule has 1 unspecified atom stereocenters. The van der Waals surface area contributed by atoms with Crippen LogP contribution in [0.1, 0.15) is 28.9 Å². The lowest BCUT2D eigenvalue weighted by atomic mass is 10.1. The molecule has 1 N–H and O–H groups in total. The number of benzene rings is 2. The predicted octanol–water partition coefficient (Wildman–Crippen LogP) is 4.29. The van der Waals surface area contributed by atoms with Crippen molar-refractivity contribution < 1.29 is 14.6 Å². The molecule has 0 aliphatic heterocycles. The number of carboxylic acid groups (broad SMARTS) is 1. The van der Waals surface area contributed by atoms with E-state index >= 15 is 0 Å². The maximum atomic E-state index is 10.8. The van der Waals surface area contributed by atoms with Gasteiger partial charge in [-0.15, -0.1) is 0 Å². The van der Waals surface area contributed by atoms with Gasteiger partial charge < -0.3 is 9.84 Å². The first kappa shape index (κ1) is 13.6. The number of carboxylic acids is 1. The van der Waals surface area contributed by atoms with E-state index < -0.39 is 5.97 Å². The third-order valence-corrected chi connectivity index (χ3v) is 3.23. The minimum atomic E-state index is -0.924. The number of hydrogen-bond donors (Lipinski definition) is 1. The summed E-state index contributed by atoms with van der Waals surface area (Å²) in [6, 6.07) is 14.3. The number of rotatable bonds is 4. The number of hydrogen-bond acceptors (Lipinski definition) is 2. The molecule has 0 fully saturated rings. The van der Waals surface area contributed by atoms with Crippen molar-refractivity contribution in [3.05, 3.63) is 64.1 Å². The largest absolute Gasteiger partial charge is 0.486 e. The van der Waals surface area contributed by atoms with Gasteiger partial charge in [0.15, 0.2) is 0 Å². The van der Waals surface area contributed by atoms with Gasteiger partial charge in [0, 0.05) is 4.47 Å². The van der Waals surface area contributed by atoms with Crippen molar-refractivity contribution in [3.8, 4) is 5.75 Å². The minimum absolute atomic E-state index is 0.142. The van der Waals surface area contributed by atoms with E-state index in [2.05, 4.69) is 15.9 Å². The second-order valence-corrected chi connectivity index (χ2v) is 5.06. The van der Waals surface area contributed by atoms with Gasteiger partial charge in [0.25, 0.3) is 0 Å². The van der Waals surface area contributed by atoms with Gasteiger partial charge in [0.2, 0.25) is 0 Å². The molecule has 0 aliphatic carbocycles. The summed E-state index contributed by atoms with van der Waals surface area (Å²) in [5, 5.41) is 8.84. The van der Waals surface area contributed by atoms with Crippen LogP contribution < -0.4 is 4.74 Å². The number of aromatic carboxylic acids is 1. The first-order valence-electron chi connectivity index (χ1n) is 5.82. The molecule has 1 atom stereocenters. The van der Waals surface area contributed by atoms with Crippen molar-refractivity contribution >= 4 is 21.9 Å². The molecule has 0 aliphatic rings. The second kappa shape index (κ2) is 5.89. The zero-order valence-corrected chi connectivity index (χ0v) is 11.9. The number of ether oxygens (including phenoxy) is 1. The number of carbonyl (C=O) groups is 1. The van der Waals surface area contributed by atoms with Crippen LogP contribution >= 0.6 is 15.9 Å². The fourth-order valence-corrected chi connectivity index (χ4v) is 2.09. The van der Waals surface area contributed by atoms with Crippen molar-refractivity contribution in [2.24, 2.45) is 0 Å². The lowest BCUT2D eigenvalue weighted by Crippen LogP contribution is -2.04. The zero-order chi connectivity index (χ0) is 13.8. The summed E-state index contributed by atoms with van der Waals surface area (Å²) in [5.74, 6) is -0.156. The predicted molar refractivity (Wildman–Crippen MR) is 76.6 cm³/mol. The SMILES string of the molecule is CC(Oc1cccc(Br)c1)c1ccc(C(=O)O)cc1. The van der Waals surface area contributed by atoms with Gasteiger partial charge >= 0.3 is 5.97 Å². The molecule has 0 heterocycles. The molecule has 19 heavy (non-hydrogen) atoms. The molecule has 3 nitrogen and oxygen atoms in total. The van der Waals surface area contributed by atoms with Gasteiger partial charge in [0.05, 0.1) is 5.56 Å². The Bertz CT molecular complexity index is 578. The van der Waals surface area contributed by atoms with Crippen LogP contribution in [0.15, 0.2) is 53.0 Å². The molecule has 2 aromatic carbocycles. The minimum Gasteiger partial charge on any atom is -0.486 e. The number of halogens is 1. The Morgan fingerprint density at radius 2 is 1.89 bits per heavy atom. The lowest BCUT2D eigenvalue weighted by Gasteiger charge is -2.15. The Balaban J connectivity index is 2.11. The summed E-state index contributed by atoms with van der Waals surface area (Å²) in [5.41, 5.74) is 1.21. The first-order valence-corrected chi connectivity index (χ1v) is 6.61. The smallest absolute Gasteiger partial charge is 0.335 e. The highest BCUT2D eigenvalue weighted by Crippen LogP contribution is 2.24. The maximum Gasteiger partial charge on any atom is 0.335 e. The molecule has 98 valence electrons. The van der Waals surface area contributed by atoms with E-state index in [0.29, 0.717) is 0 Å². The highest BCUT2D eigenvalue weighted by atomic mass is 79.9. The third-order valence-electron chi connectivity index (χ3n) is 2.74. The summed E-state index contributed by atoms with van der Waals surface area (Å²) >= 11 is 3.39. The van der Waals surface area contributed by atoms with E-state index in [-0.39, 0.29) is 11.7 Å². The van der Waals surface area contributed by atoms with E-state index in [4.69, 9.17) is 9.84 Å². The quantitative estimate of drug-likeness (QED) is 0.914. The molecule has 0 saturated heterocycles. The van der Waals surface area contributed by atoms with Crippen LogP contribution in [0.3, 0.4) is 0 Å². The molecule has 0 amide bonds. The molecule has 2 aromatic rings. The third kappa shape index (κ3) is 3.58. The first-order chi connectivity index (χ1) is 9.06. The van der Waals surface area contributed by atoms with Crippen molar-refractivity contribution in [2.45, 2.75) is 13.0 Å². The van der Waals surface area contributed by atoms with Gasteiger partial charge in [-0.05, 0) is 42.8 Å². The average Bonchev–Trinajstić information content (AvgIpc) is 2.39. The Morgan fingerprint density at radius 3 is 2.47 bits per heavy atom. The monoisotopic (exact) mass is 320 g/mol. The molecular weight excluding hydrogens is 308 g/mol. The van der Waals surface area contributed by atoms with Crippen LogP contribution in [-0.4, -0.2) is 11.1 Å². The Morgan fingerprint density at radius 1 is 1.21 bits per heavy atom. The Hall–Kier alpha value is -1.81. The van der Waals surface area contributed by atoms with Crippen LogP contribution in [0.2, 0.25) is 0 Å². The summed E-state index contributed by atoms with van der Waals surface area (Å²) in [4.78, 5) is 10.8. The van der Waals surface area contributed by atoms with Gasteiger partial charge in [-0.3, -0.25) is 0 Å². The molecule has 2 rings (SSSR count). The van der Waals surface area contributed by atoms with Crippen molar-refractivity contribution in [1.29, 1.82) is 0 Å². The van der Waals surface area contributed by atoms with Crippen LogP contribution in [-0.2, 0) is 0 Å². The van der Waals surface area contributed by atoms with Crippen LogP contribution in [0.25, 0.3) is 0 Å². The molecule has 0 radical (unpaired) electrons. The zero-order valence-electron chi connectivity index (χ0n) is 10.3. The van der Waals surface area contributed by atoms with Gasteiger partial charge in [0.1, 0.15) is 11.9 Å². The standard InChI is InChI=1S/C15H13BrO3/c1-10(19-14-4-2-3-13(16)9-14)11-5-7-12(8-6-11)15(17)18/h2-10H,1H3,(H,17,18). The van der Waals surface area contributed by atoms with Crippen molar-refractivity contribution in [3.63, 3.8) is 0 Å². The van der Waals surface area contributed by atoms with Crippen LogP contribution in [0.5, 0.6) is 5.75 Å². The normalized spacial score (nSPS) is 11.9. The van der Waals surface area contributed by atoms with Gasteiger partial charge in [-0.2, -0.15) is 0 Å². The van der Waals surface area contributed by atoms with E-state index in [1.165, 1.54) is 0 Å². The fraction of sp³-hybridized carbons (Fsp3) is 0.133. The Kier molecular flexibility index (Phi) is 4.22. The van der Waals surface area contributed by atoms with Gasteiger partial charge in [-0.25, -0.2) is 4.79 Å². The molecule has 0 bridgehead atoms. The van der Waals surface area contributed by atoms with Crippen LogP contribution in [0.4, 0.5) is 0 Å². The van der Waals surface area contributed by atoms with E-state index in [9.17, 15) is 4.79 Å². The summed E-state index contributed by atoms with van der Waals surface area (Å²) < 4.78 is 6.76. The highest BCUT2D eigenvalue weighted by molar-refractivity contribution is 9.10.